The van der Waals surface area contributed by atoms with E-state index >= 15 is 0 Å². The average molecular weight is 321 g/mol. The van der Waals surface area contributed by atoms with Crippen LogP contribution in [0.5, 0.6) is 0 Å². The number of amides is 1. The van der Waals surface area contributed by atoms with Gasteiger partial charge in [-0.1, -0.05) is 11.6 Å². The number of carbonyl (C=O) groups is 2. The summed E-state index contributed by atoms with van der Waals surface area (Å²) >= 11 is 9.03. The zero-order valence-corrected chi connectivity index (χ0v) is 11.2. The van der Waals surface area contributed by atoms with Gasteiger partial charge in [-0.05, 0) is 40.5 Å². The second kappa shape index (κ2) is 6.61. The first-order chi connectivity index (χ1) is 8.00. The molecule has 1 aromatic rings. The first-order valence-corrected chi connectivity index (χ1v) is 6.13. The molecule has 6 heteroatoms. The number of nitrogens with one attached hydrogen (secondary N) is 1. The summed E-state index contributed by atoms with van der Waals surface area (Å²) in [6, 6.07) is 4.92. The Balaban J connectivity index is 2.52. The predicted molar refractivity (Wildman–Crippen MR) is 68.4 cm³/mol. The summed E-state index contributed by atoms with van der Waals surface area (Å²) in [7, 11) is 0. The Labute approximate surface area is 112 Å². The van der Waals surface area contributed by atoms with Crippen molar-refractivity contribution in [3.63, 3.8) is 0 Å². The smallest absolute Gasteiger partial charge is 0.303 e. The first kappa shape index (κ1) is 14.0. The summed E-state index contributed by atoms with van der Waals surface area (Å²) in [6.45, 7) is 0.323. The molecule has 2 N–H and O–H groups in total. The monoisotopic (exact) mass is 319 g/mol. The lowest BCUT2D eigenvalue weighted by molar-refractivity contribution is -0.137. The van der Waals surface area contributed by atoms with Crippen LogP contribution in [-0.2, 0) is 4.79 Å². The van der Waals surface area contributed by atoms with Crippen molar-refractivity contribution in [1.82, 2.24) is 5.32 Å². The Bertz CT molecular complexity index is 437. The molecule has 0 aliphatic heterocycles. The number of halogens is 2. The van der Waals surface area contributed by atoms with Crippen molar-refractivity contribution in [2.45, 2.75) is 12.8 Å². The Morgan fingerprint density at radius 3 is 2.76 bits per heavy atom. The van der Waals surface area contributed by atoms with Gasteiger partial charge in [0.1, 0.15) is 0 Å². The zero-order valence-electron chi connectivity index (χ0n) is 8.87. The number of hydrogen-bond acceptors (Lipinski definition) is 2. The van der Waals surface area contributed by atoms with Crippen LogP contribution in [0.1, 0.15) is 23.2 Å². The minimum atomic E-state index is -0.872. The molecule has 0 aliphatic rings. The fourth-order valence-electron chi connectivity index (χ4n) is 1.21. The van der Waals surface area contributed by atoms with Crippen LogP contribution in [0.3, 0.4) is 0 Å². The maximum Gasteiger partial charge on any atom is 0.303 e. The van der Waals surface area contributed by atoms with Gasteiger partial charge in [0, 0.05) is 22.5 Å². The Morgan fingerprint density at radius 2 is 2.12 bits per heavy atom. The molecule has 0 heterocycles. The summed E-state index contributed by atoms with van der Waals surface area (Å²) in [6.07, 6.45) is 0.441. The van der Waals surface area contributed by atoms with Crippen LogP contribution >= 0.6 is 27.5 Å². The molecule has 1 rings (SSSR count). The topological polar surface area (TPSA) is 66.4 Å². The van der Waals surface area contributed by atoms with Crippen LogP contribution in [0.2, 0.25) is 5.02 Å². The van der Waals surface area contributed by atoms with E-state index in [0.29, 0.717) is 28.0 Å². The van der Waals surface area contributed by atoms with E-state index in [1.807, 2.05) is 0 Å². The number of benzene rings is 1. The van der Waals surface area contributed by atoms with Gasteiger partial charge in [-0.25, -0.2) is 0 Å². The third-order valence-electron chi connectivity index (χ3n) is 2.03. The molecule has 1 amide bonds. The van der Waals surface area contributed by atoms with Crippen LogP contribution in [-0.4, -0.2) is 23.5 Å². The van der Waals surface area contributed by atoms with Crippen LogP contribution < -0.4 is 5.32 Å². The Kier molecular flexibility index (Phi) is 5.44. The molecule has 17 heavy (non-hydrogen) atoms. The molecule has 0 saturated heterocycles. The van der Waals surface area contributed by atoms with Gasteiger partial charge in [-0.15, -0.1) is 0 Å². The molecule has 0 radical (unpaired) electrons. The maximum absolute atomic E-state index is 11.7. The number of carbonyl (C=O) groups excluding carboxylic acids is 1. The lowest BCUT2D eigenvalue weighted by atomic mass is 10.2. The third kappa shape index (κ3) is 4.75. The van der Waals surface area contributed by atoms with Crippen molar-refractivity contribution < 1.29 is 14.7 Å². The standard InChI is InChI=1S/C11H11BrClNO3/c12-9-4-3-7(13)6-8(9)11(17)14-5-1-2-10(15)16/h3-4,6H,1-2,5H2,(H,14,17)(H,15,16). The van der Waals surface area contributed by atoms with E-state index in [2.05, 4.69) is 21.2 Å². The minimum Gasteiger partial charge on any atom is -0.481 e. The fourth-order valence-corrected chi connectivity index (χ4v) is 1.81. The number of carboxylic acid groups (broad SMARTS) is 1. The molecule has 0 aromatic heterocycles. The maximum atomic E-state index is 11.7. The number of aliphatic carboxylic acids is 1. The molecule has 0 atom stereocenters. The number of hydrogen-bond donors (Lipinski definition) is 2. The third-order valence-corrected chi connectivity index (χ3v) is 2.95. The van der Waals surface area contributed by atoms with E-state index in [1.54, 1.807) is 18.2 Å². The van der Waals surface area contributed by atoms with Crippen molar-refractivity contribution in [1.29, 1.82) is 0 Å². The second-order valence-electron chi connectivity index (χ2n) is 3.38. The minimum absolute atomic E-state index is 0.0387. The fraction of sp³-hybridized carbons (Fsp3) is 0.273. The normalized spacial score (nSPS) is 10.0. The van der Waals surface area contributed by atoms with Gasteiger partial charge in [-0.3, -0.25) is 9.59 Å². The molecule has 4 nitrogen and oxygen atoms in total. The quantitative estimate of drug-likeness (QED) is 0.820. The summed E-state index contributed by atoms with van der Waals surface area (Å²) in [5.74, 6) is -1.15. The lowest BCUT2D eigenvalue weighted by Crippen LogP contribution is -2.25. The highest BCUT2D eigenvalue weighted by Gasteiger charge is 2.10. The molecule has 92 valence electrons. The molecule has 0 fully saturated rings. The molecular weight excluding hydrogens is 309 g/mol. The van der Waals surface area contributed by atoms with Crippen molar-refractivity contribution in [3.05, 3.63) is 33.3 Å². The van der Waals surface area contributed by atoms with Gasteiger partial charge in [0.05, 0.1) is 5.56 Å². The van der Waals surface area contributed by atoms with E-state index in [1.165, 1.54) is 0 Å². The zero-order chi connectivity index (χ0) is 12.8. The van der Waals surface area contributed by atoms with E-state index in [9.17, 15) is 9.59 Å². The van der Waals surface area contributed by atoms with Crippen LogP contribution in [0.15, 0.2) is 22.7 Å². The lowest BCUT2D eigenvalue weighted by Gasteiger charge is -2.06. The van der Waals surface area contributed by atoms with Gasteiger partial charge in [0.2, 0.25) is 0 Å². The van der Waals surface area contributed by atoms with Crippen LogP contribution in [0, 0.1) is 0 Å². The van der Waals surface area contributed by atoms with Crippen molar-refractivity contribution >= 4 is 39.4 Å². The molecule has 1 aromatic carbocycles. The summed E-state index contributed by atoms with van der Waals surface area (Å²) < 4.78 is 0.651. The van der Waals surface area contributed by atoms with Gasteiger partial charge < -0.3 is 10.4 Å². The highest BCUT2D eigenvalue weighted by molar-refractivity contribution is 9.10. The number of rotatable bonds is 5. The highest BCUT2D eigenvalue weighted by Crippen LogP contribution is 2.20. The molecule has 0 spiro atoms. The summed E-state index contributed by atoms with van der Waals surface area (Å²) in [5, 5.41) is 11.5. The van der Waals surface area contributed by atoms with Crippen molar-refractivity contribution in [2.75, 3.05) is 6.54 Å². The van der Waals surface area contributed by atoms with E-state index in [0.717, 1.165) is 0 Å². The molecule has 0 saturated carbocycles. The SMILES string of the molecule is O=C(O)CCCNC(=O)c1cc(Cl)ccc1Br. The summed E-state index contributed by atoms with van der Waals surface area (Å²) in [5.41, 5.74) is 0.438. The molecule has 0 unspecified atom stereocenters. The number of carboxylic acids is 1. The largest absolute Gasteiger partial charge is 0.481 e. The second-order valence-corrected chi connectivity index (χ2v) is 4.67. The van der Waals surface area contributed by atoms with Crippen LogP contribution in [0.4, 0.5) is 0 Å². The Hall–Kier alpha value is -1.07. The van der Waals surface area contributed by atoms with E-state index in [-0.39, 0.29) is 12.3 Å². The first-order valence-electron chi connectivity index (χ1n) is 4.95. The molecule has 0 aliphatic carbocycles. The predicted octanol–water partition coefficient (Wildman–Crippen LogP) is 2.70. The molecule has 0 bridgehead atoms. The average Bonchev–Trinajstić information content (AvgIpc) is 2.27. The van der Waals surface area contributed by atoms with Gasteiger partial charge >= 0.3 is 5.97 Å². The van der Waals surface area contributed by atoms with E-state index < -0.39 is 5.97 Å². The van der Waals surface area contributed by atoms with Gasteiger partial charge in [-0.2, -0.15) is 0 Å². The highest BCUT2D eigenvalue weighted by atomic mass is 79.9. The van der Waals surface area contributed by atoms with Crippen molar-refractivity contribution in [2.24, 2.45) is 0 Å². The van der Waals surface area contributed by atoms with Crippen molar-refractivity contribution in [3.8, 4) is 0 Å². The van der Waals surface area contributed by atoms with Gasteiger partial charge in [0.25, 0.3) is 5.91 Å². The summed E-state index contributed by atoms with van der Waals surface area (Å²) in [4.78, 5) is 22.0. The molecular formula is C11H11BrClNO3. The Morgan fingerprint density at radius 1 is 1.41 bits per heavy atom. The van der Waals surface area contributed by atoms with Gasteiger partial charge in [0.15, 0.2) is 0 Å². The van der Waals surface area contributed by atoms with Crippen LogP contribution in [0.25, 0.3) is 0 Å². The van der Waals surface area contributed by atoms with E-state index in [4.69, 9.17) is 16.7 Å².